The van der Waals surface area contributed by atoms with E-state index in [0.29, 0.717) is 18.7 Å². The van der Waals surface area contributed by atoms with Crippen molar-refractivity contribution in [3.05, 3.63) is 0 Å². The van der Waals surface area contributed by atoms with E-state index in [4.69, 9.17) is 0 Å². The van der Waals surface area contributed by atoms with Crippen molar-refractivity contribution in [3.8, 4) is 0 Å². The van der Waals surface area contributed by atoms with Gasteiger partial charge in [0, 0.05) is 17.8 Å². The Morgan fingerprint density at radius 2 is 1.65 bits per heavy atom. The minimum Gasteiger partial charge on any atom is -0.303 e. The maximum absolute atomic E-state index is 12.0. The third-order valence-corrected chi connectivity index (χ3v) is 5.57. The summed E-state index contributed by atoms with van der Waals surface area (Å²) in [4.78, 5) is 25.6. The zero-order chi connectivity index (χ0) is 17.6. The van der Waals surface area contributed by atoms with Crippen molar-refractivity contribution in [2.24, 2.45) is 17.8 Å². The van der Waals surface area contributed by atoms with Crippen LogP contribution in [0, 0.1) is 17.8 Å². The van der Waals surface area contributed by atoms with Gasteiger partial charge in [-0.05, 0) is 38.9 Å². The quantitative estimate of drug-likeness (QED) is 0.718. The molecule has 7 heteroatoms. The van der Waals surface area contributed by atoms with E-state index in [2.05, 4.69) is 9.62 Å². The number of rotatable bonds is 8. The molecule has 6 nitrogen and oxygen atoms in total. The van der Waals surface area contributed by atoms with Crippen LogP contribution in [0.1, 0.15) is 47.0 Å². The fourth-order valence-electron chi connectivity index (χ4n) is 2.71. The van der Waals surface area contributed by atoms with Gasteiger partial charge in [-0.2, -0.15) is 0 Å². The van der Waals surface area contributed by atoms with Gasteiger partial charge in [-0.15, -0.1) is 0 Å². The van der Waals surface area contributed by atoms with E-state index in [1.807, 2.05) is 13.8 Å². The van der Waals surface area contributed by atoms with Crippen LogP contribution in [0.15, 0.2) is 0 Å². The van der Waals surface area contributed by atoms with Gasteiger partial charge in [0.2, 0.25) is 15.9 Å². The Morgan fingerprint density at radius 1 is 1.09 bits per heavy atom. The second-order valence-electron chi connectivity index (χ2n) is 6.97. The van der Waals surface area contributed by atoms with Crippen molar-refractivity contribution in [2.45, 2.75) is 47.0 Å². The van der Waals surface area contributed by atoms with Crippen molar-refractivity contribution in [3.63, 3.8) is 0 Å². The van der Waals surface area contributed by atoms with Gasteiger partial charge in [0.05, 0.1) is 5.75 Å². The van der Waals surface area contributed by atoms with E-state index < -0.39 is 15.9 Å². The summed E-state index contributed by atoms with van der Waals surface area (Å²) in [5.41, 5.74) is 0. The largest absolute Gasteiger partial charge is 0.303 e. The van der Waals surface area contributed by atoms with Crippen molar-refractivity contribution in [1.82, 2.24) is 9.62 Å². The minimum absolute atomic E-state index is 0.0453. The molecule has 0 unspecified atom stereocenters. The van der Waals surface area contributed by atoms with Crippen LogP contribution in [0.25, 0.3) is 0 Å². The highest BCUT2D eigenvalue weighted by molar-refractivity contribution is 7.90. The lowest BCUT2D eigenvalue weighted by molar-refractivity contribution is -0.127. The SMILES string of the molecule is CC(C)C(=O)NS(=O)(=O)CCCN1CCC(C(=O)C(C)C)CC1. The first-order chi connectivity index (χ1) is 10.6. The molecule has 0 aliphatic carbocycles. The number of hydrogen-bond donors (Lipinski definition) is 1. The van der Waals surface area contributed by atoms with Gasteiger partial charge in [0.15, 0.2) is 0 Å². The van der Waals surface area contributed by atoms with E-state index in [9.17, 15) is 18.0 Å². The maximum Gasteiger partial charge on any atom is 0.235 e. The Bertz CT molecular complexity index is 506. The molecule has 1 aliphatic rings. The third kappa shape index (κ3) is 6.99. The first-order valence-electron chi connectivity index (χ1n) is 8.42. The number of nitrogens with one attached hydrogen (secondary N) is 1. The van der Waals surface area contributed by atoms with Crippen LogP contribution in [0.2, 0.25) is 0 Å². The summed E-state index contributed by atoms with van der Waals surface area (Å²) in [6, 6.07) is 0. The number of sulfonamides is 1. The fourth-order valence-corrected chi connectivity index (χ4v) is 3.87. The molecule has 23 heavy (non-hydrogen) atoms. The molecule has 0 atom stereocenters. The Labute approximate surface area is 140 Å². The molecule has 0 bridgehead atoms. The molecule has 1 aliphatic heterocycles. The predicted molar refractivity (Wildman–Crippen MR) is 90.4 cm³/mol. The molecule has 1 rings (SSSR count). The van der Waals surface area contributed by atoms with Crippen LogP contribution >= 0.6 is 0 Å². The molecule has 0 spiro atoms. The third-order valence-electron chi connectivity index (χ3n) is 4.23. The second kappa shape index (κ2) is 8.78. The van der Waals surface area contributed by atoms with Gasteiger partial charge in [-0.1, -0.05) is 27.7 Å². The Balaban J connectivity index is 2.30. The van der Waals surface area contributed by atoms with Crippen LogP contribution in [0.3, 0.4) is 0 Å². The highest BCUT2D eigenvalue weighted by Gasteiger charge is 2.26. The molecule has 0 aromatic rings. The summed E-state index contributed by atoms with van der Waals surface area (Å²) in [5, 5.41) is 0. The van der Waals surface area contributed by atoms with E-state index in [0.717, 1.165) is 25.9 Å². The number of hydrogen-bond acceptors (Lipinski definition) is 5. The van der Waals surface area contributed by atoms with Gasteiger partial charge in [0.25, 0.3) is 0 Å². The second-order valence-corrected chi connectivity index (χ2v) is 8.81. The lowest BCUT2D eigenvalue weighted by Crippen LogP contribution is -2.39. The standard InChI is InChI=1S/C16H30N2O4S/c1-12(2)15(19)14-6-9-18(10-7-14)8-5-11-23(21,22)17-16(20)13(3)4/h12-14H,5-11H2,1-4H3,(H,17,20). The van der Waals surface area contributed by atoms with E-state index >= 15 is 0 Å². The average molecular weight is 346 g/mol. The number of carbonyl (C=O) groups excluding carboxylic acids is 2. The van der Waals surface area contributed by atoms with Crippen LogP contribution in [0.5, 0.6) is 0 Å². The van der Waals surface area contributed by atoms with Crippen molar-refractivity contribution >= 4 is 21.7 Å². The monoisotopic (exact) mass is 346 g/mol. The zero-order valence-electron chi connectivity index (χ0n) is 14.7. The maximum atomic E-state index is 12.0. The highest BCUT2D eigenvalue weighted by atomic mass is 32.2. The van der Waals surface area contributed by atoms with Crippen LogP contribution in [-0.2, 0) is 19.6 Å². The van der Waals surface area contributed by atoms with Gasteiger partial charge < -0.3 is 4.90 Å². The summed E-state index contributed by atoms with van der Waals surface area (Å²) in [6.07, 6.45) is 2.20. The van der Waals surface area contributed by atoms with Crippen molar-refractivity contribution in [1.29, 1.82) is 0 Å². The normalized spacial score (nSPS) is 17.7. The Morgan fingerprint density at radius 3 is 2.13 bits per heavy atom. The van der Waals surface area contributed by atoms with E-state index in [-0.39, 0.29) is 23.5 Å². The van der Waals surface area contributed by atoms with Gasteiger partial charge in [-0.3, -0.25) is 14.3 Å². The van der Waals surface area contributed by atoms with Gasteiger partial charge >= 0.3 is 0 Å². The van der Waals surface area contributed by atoms with Gasteiger partial charge in [-0.25, -0.2) is 8.42 Å². The number of carbonyl (C=O) groups is 2. The topological polar surface area (TPSA) is 83.6 Å². The molecule has 1 amide bonds. The summed E-state index contributed by atoms with van der Waals surface area (Å²) in [6.45, 7) is 9.54. The number of amides is 1. The zero-order valence-corrected chi connectivity index (χ0v) is 15.5. The molecule has 134 valence electrons. The highest BCUT2D eigenvalue weighted by Crippen LogP contribution is 2.21. The van der Waals surface area contributed by atoms with Crippen LogP contribution in [-0.4, -0.2) is 50.4 Å². The number of nitrogens with zero attached hydrogens (tertiary/aromatic N) is 1. The summed E-state index contributed by atoms with van der Waals surface area (Å²) in [7, 11) is -3.54. The average Bonchev–Trinajstić information content (AvgIpc) is 2.46. The molecule has 0 radical (unpaired) electrons. The minimum atomic E-state index is -3.54. The predicted octanol–water partition coefficient (Wildman–Crippen LogP) is 1.42. The Kier molecular flexibility index (Phi) is 7.67. The fraction of sp³-hybridized carbons (Fsp3) is 0.875. The molecular weight excluding hydrogens is 316 g/mol. The molecule has 1 saturated heterocycles. The first-order valence-corrected chi connectivity index (χ1v) is 10.1. The molecular formula is C16H30N2O4S. The first kappa shape index (κ1) is 20.1. The lowest BCUT2D eigenvalue weighted by atomic mass is 9.87. The van der Waals surface area contributed by atoms with Gasteiger partial charge in [0.1, 0.15) is 5.78 Å². The number of likely N-dealkylation sites (tertiary alicyclic amines) is 1. The Hall–Kier alpha value is -0.950. The molecule has 1 heterocycles. The smallest absolute Gasteiger partial charge is 0.235 e. The van der Waals surface area contributed by atoms with Crippen molar-refractivity contribution in [2.75, 3.05) is 25.4 Å². The molecule has 0 aromatic heterocycles. The number of ketones is 1. The summed E-state index contributed by atoms with van der Waals surface area (Å²) >= 11 is 0. The van der Waals surface area contributed by atoms with Crippen molar-refractivity contribution < 1.29 is 18.0 Å². The summed E-state index contributed by atoms with van der Waals surface area (Å²) in [5.74, 6) is -0.276. The van der Waals surface area contributed by atoms with E-state index in [1.165, 1.54) is 0 Å². The van der Waals surface area contributed by atoms with Crippen LogP contribution < -0.4 is 4.72 Å². The van der Waals surface area contributed by atoms with E-state index in [1.54, 1.807) is 13.8 Å². The summed E-state index contributed by atoms with van der Waals surface area (Å²) < 4.78 is 25.7. The number of piperidine rings is 1. The lowest BCUT2D eigenvalue weighted by Gasteiger charge is -2.31. The molecule has 0 saturated carbocycles. The molecule has 0 aromatic carbocycles. The van der Waals surface area contributed by atoms with Crippen LogP contribution in [0.4, 0.5) is 0 Å². The molecule has 1 N–H and O–H groups in total. The molecule has 1 fully saturated rings. The number of Topliss-reactive ketones (excluding diaryl/α,β-unsaturated/α-hetero) is 1.